The van der Waals surface area contributed by atoms with Gasteiger partial charge >= 0.3 is 6.03 Å². The van der Waals surface area contributed by atoms with E-state index in [0.29, 0.717) is 13.2 Å². The molecule has 4 nitrogen and oxygen atoms in total. The molecule has 0 aromatic heterocycles. The van der Waals surface area contributed by atoms with Crippen LogP contribution in [0.1, 0.15) is 44.9 Å². The van der Waals surface area contributed by atoms with Crippen molar-refractivity contribution in [3.63, 3.8) is 0 Å². The highest BCUT2D eigenvalue weighted by molar-refractivity contribution is 5.71. The SMILES string of the molecule is NC(=O)NCCCCCCCCCO. The van der Waals surface area contributed by atoms with Crippen LogP contribution >= 0.6 is 0 Å². The molecule has 0 aliphatic heterocycles. The Morgan fingerprint density at radius 1 is 1.00 bits per heavy atom. The van der Waals surface area contributed by atoms with Gasteiger partial charge in [-0.1, -0.05) is 32.1 Å². The molecule has 0 fully saturated rings. The third-order valence-electron chi connectivity index (χ3n) is 2.13. The predicted molar refractivity (Wildman–Crippen MR) is 57.0 cm³/mol. The molecular formula is C10H22N2O2. The number of carbonyl (C=O) groups is 1. The van der Waals surface area contributed by atoms with E-state index in [0.717, 1.165) is 25.7 Å². The molecule has 0 spiro atoms. The molecule has 0 bridgehead atoms. The van der Waals surface area contributed by atoms with E-state index in [9.17, 15) is 4.79 Å². The minimum atomic E-state index is -0.437. The third kappa shape index (κ3) is 11.2. The first kappa shape index (κ1) is 13.2. The maximum absolute atomic E-state index is 10.3. The normalized spacial score (nSPS) is 10.1. The zero-order valence-corrected chi connectivity index (χ0v) is 8.80. The Hall–Kier alpha value is -0.770. The second kappa shape index (κ2) is 10.3. The van der Waals surface area contributed by atoms with E-state index in [1.165, 1.54) is 19.3 Å². The zero-order valence-electron chi connectivity index (χ0n) is 8.80. The second-order valence-electron chi connectivity index (χ2n) is 3.49. The van der Waals surface area contributed by atoms with Gasteiger partial charge in [0.2, 0.25) is 0 Å². The molecule has 0 unspecified atom stereocenters. The number of primary amides is 1. The van der Waals surface area contributed by atoms with Crippen LogP contribution in [0.3, 0.4) is 0 Å². The van der Waals surface area contributed by atoms with Crippen LogP contribution in [0.15, 0.2) is 0 Å². The van der Waals surface area contributed by atoms with Crippen LogP contribution in [-0.4, -0.2) is 24.3 Å². The summed E-state index contributed by atoms with van der Waals surface area (Å²) in [7, 11) is 0. The van der Waals surface area contributed by atoms with Gasteiger partial charge in [-0.05, 0) is 12.8 Å². The van der Waals surface area contributed by atoms with E-state index in [-0.39, 0.29) is 0 Å². The van der Waals surface area contributed by atoms with E-state index in [1.54, 1.807) is 0 Å². The molecule has 84 valence electrons. The van der Waals surface area contributed by atoms with Crippen LogP contribution in [-0.2, 0) is 0 Å². The van der Waals surface area contributed by atoms with E-state index in [4.69, 9.17) is 10.8 Å². The van der Waals surface area contributed by atoms with E-state index < -0.39 is 6.03 Å². The molecule has 4 heteroatoms. The smallest absolute Gasteiger partial charge is 0.312 e. The number of hydrogen-bond acceptors (Lipinski definition) is 2. The van der Waals surface area contributed by atoms with Gasteiger partial charge < -0.3 is 16.2 Å². The zero-order chi connectivity index (χ0) is 10.6. The molecule has 0 aromatic carbocycles. The molecule has 0 saturated carbocycles. The summed E-state index contributed by atoms with van der Waals surface area (Å²) in [6.07, 6.45) is 7.80. The second-order valence-corrected chi connectivity index (χ2v) is 3.49. The summed E-state index contributed by atoms with van der Waals surface area (Å²) in [4.78, 5) is 10.3. The van der Waals surface area contributed by atoms with Crippen molar-refractivity contribution in [2.75, 3.05) is 13.2 Å². The summed E-state index contributed by atoms with van der Waals surface area (Å²) < 4.78 is 0. The van der Waals surface area contributed by atoms with Gasteiger partial charge in [0.05, 0.1) is 0 Å². The quantitative estimate of drug-likeness (QED) is 0.494. The Morgan fingerprint density at radius 2 is 1.50 bits per heavy atom. The summed E-state index contributed by atoms with van der Waals surface area (Å²) >= 11 is 0. The number of nitrogens with two attached hydrogens (primary N) is 1. The number of aliphatic hydroxyl groups excluding tert-OH is 1. The summed E-state index contributed by atoms with van der Waals surface area (Å²) in [6.45, 7) is 0.995. The van der Waals surface area contributed by atoms with Crippen molar-refractivity contribution in [3.05, 3.63) is 0 Å². The predicted octanol–water partition coefficient (Wildman–Crippen LogP) is 1.38. The lowest BCUT2D eigenvalue weighted by atomic mass is 10.1. The molecule has 0 aliphatic rings. The van der Waals surface area contributed by atoms with Gasteiger partial charge in [0.15, 0.2) is 0 Å². The lowest BCUT2D eigenvalue weighted by Gasteiger charge is -2.02. The van der Waals surface area contributed by atoms with Crippen molar-refractivity contribution in [1.29, 1.82) is 0 Å². The number of carbonyl (C=O) groups excluding carboxylic acids is 1. The first-order chi connectivity index (χ1) is 6.77. The van der Waals surface area contributed by atoms with E-state index in [1.807, 2.05) is 0 Å². The van der Waals surface area contributed by atoms with Gasteiger partial charge in [-0.3, -0.25) is 0 Å². The average molecular weight is 202 g/mol. The summed E-state index contributed by atoms with van der Waals surface area (Å²) in [5.74, 6) is 0. The molecule has 0 aliphatic carbocycles. The largest absolute Gasteiger partial charge is 0.396 e. The summed E-state index contributed by atoms with van der Waals surface area (Å²) in [5.41, 5.74) is 4.91. The molecule has 0 heterocycles. The number of rotatable bonds is 9. The highest BCUT2D eigenvalue weighted by Gasteiger charge is 1.92. The van der Waals surface area contributed by atoms with Crippen molar-refractivity contribution < 1.29 is 9.90 Å². The number of hydrogen-bond donors (Lipinski definition) is 3. The molecule has 0 atom stereocenters. The molecule has 0 aromatic rings. The molecule has 0 radical (unpaired) electrons. The number of urea groups is 1. The summed E-state index contributed by atoms with van der Waals surface area (Å²) in [6, 6.07) is -0.437. The molecule has 0 rings (SSSR count). The fourth-order valence-corrected chi connectivity index (χ4v) is 1.33. The molecule has 4 N–H and O–H groups in total. The Labute approximate surface area is 85.9 Å². The van der Waals surface area contributed by atoms with Gasteiger partial charge in [-0.25, -0.2) is 4.79 Å². The van der Waals surface area contributed by atoms with Crippen LogP contribution in [0.4, 0.5) is 4.79 Å². The fourth-order valence-electron chi connectivity index (χ4n) is 1.33. The van der Waals surface area contributed by atoms with Crippen LogP contribution in [0.2, 0.25) is 0 Å². The Bertz CT molecular complexity index is 140. The first-order valence-electron chi connectivity index (χ1n) is 5.41. The number of amides is 2. The van der Waals surface area contributed by atoms with Gasteiger partial charge in [0, 0.05) is 13.2 Å². The Balaban J connectivity index is 2.88. The Kier molecular flexibility index (Phi) is 9.74. The molecule has 0 saturated heterocycles. The van der Waals surface area contributed by atoms with Gasteiger partial charge in [0.1, 0.15) is 0 Å². The minimum Gasteiger partial charge on any atom is -0.396 e. The van der Waals surface area contributed by atoms with Crippen LogP contribution in [0.5, 0.6) is 0 Å². The number of aliphatic hydroxyl groups is 1. The third-order valence-corrected chi connectivity index (χ3v) is 2.13. The molecular weight excluding hydrogens is 180 g/mol. The van der Waals surface area contributed by atoms with Crippen LogP contribution in [0, 0.1) is 0 Å². The van der Waals surface area contributed by atoms with Crippen LogP contribution in [0.25, 0.3) is 0 Å². The Morgan fingerprint density at radius 3 is 2.00 bits per heavy atom. The van der Waals surface area contributed by atoms with Gasteiger partial charge in [-0.2, -0.15) is 0 Å². The highest BCUT2D eigenvalue weighted by Crippen LogP contribution is 2.06. The van der Waals surface area contributed by atoms with Crippen LogP contribution < -0.4 is 11.1 Å². The van der Waals surface area contributed by atoms with Crippen molar-refractivity contribution >= 4 is 6.03 Å². The van der Waals surface area contributed by atoms with E-state index in [2.05, 4.69) is 5.32 Å². The maximum atomic E-state index is 10.3. The molecule has 2 amide bonds. The van der Waals surface area contributed by atoms with Crippen molar-refractivity contribution in [2.45, 2.75) is 44.9 Å². The highest BCUT2D eigenvalue weighted by atomic mass is 16.2. The number of unbranched alkanes of at least 4 members (excludes halogenated alkanes) is 6. The first-order valence-corrected chi connectivity index (χ1v) is 5.41. The topological polar surface area (TPSA) is 75.4 Å². The fraction of sp³-hybridized carbons (Fsp3) is 0.900. The van der Waals surface area contributed by atoms with Gasteiger partial charge in [-0.15, -0.1) is 0 Å². The number of nitrogens with one attached hydrogen (secondary N) is 1. The summed E-state index contributed by atoms with van der Waals surface area (Å²) in [5, 5.41) is 11.1. The maximum Gasteiger partial charge on any atom is 0.312 e. The van der Waals surface area contributed by atoms with Crippen molar-refractivity contribution in [1.82, 2.24) is 5.32 Å². The lowest BCUT2D eigenvalue weighted by molar-refractivity contribution is 0.248. The average Bonchev–Trinajstić information content (AvgIpc) is 2.15. The lowest BCUT2D eigenvalue weighted by Crippen LogP contribution is -2.29. The minimum absolute atomic E-state index is 0.308. The monoisotopic (exact) mass is 202 g/mol. The van der Waals surface area contributed by atoms with E-state index >= 15 is 0 Å². The van der Waals surface area contributed by atoms with Gasteiger partial charge in [0.25, 0.3) is 0 Å². The van der Waals surface area contributed by atoms with Crippen molar-refractivity contribution in [2.24, 2.45) is 5.73 Å². The van der Waals surface area contributed by atoms with Crippen molar-refractivity contribution in [3.8, 4) is 0 Å². The molecule has 14 heavy (non-hydrogen) atoms. The standard InChI is InChI=1S/C10H22N2O2/c11-10(14)12-8-6-4-2-1-3-5-7-9-13/h13H,1-9H2,(H3,11,12,14).